The van der Waals surface area contributed by atoms with E-state index in [9.17, 15) is 5.11 Å². The molecule has 1 heterocycles. The van der Waals surface area contributed by atoms with Crippen LogP contribution < -0.4 is 0 Å². The number of aliphatic hydroxyl groups is 1. The van der Waals surface area contributed by atoms with E-state index in [1.165, 1.54) is 18.4 Å². The predicted molar refractivity (Wildman–Crippen MR) is 81.5 cm³/mol. The van der Waals surface area contributed by atoms with Gasteiger partial charge in [-0.25, -0.2) is 0 Å². The second-order valence-electron chi connectivity index (χ2n) is 6.37. The van der Waals surface area contributed by atoms with Gasteiger partial charge in [-0.2, -0.15) is 0 Å². The zero-order valence-corrected chi connectivity index (χ0v) is 12.4. The summed E-state index contributed by atoms with van der Waals surface area (Å²) in [5.41, 5.74) is 1.40. The van der Waals surface area contributed by atoms with Crippen LogP contribution in [0.2, 0.25) is 0 Å². The highest BCUT2D eigenvalue weighted by atomic mass is 16.3. The number of hydrogen-bond acceptors (Lipinski definition) is 3. The molecule has 1 N–H and O–H groups in total. The molecular weight excluding hydrogens is 248 g/mol. The minimum absolute atomic E-state index is 0.0946. The molecule has 3 atom stereocenters. The number of rotatable bonds is 3. The molecule has 1 aromatic rings. The van der Waals surface area contributed by atoms with Crippen molar-refractivity contribution in [1.82, 2.24) is 9.80 Å². The van der Waals surface area contributed by atoms with Crippen molar-refractivity contribution in [2.75, 3.05) is 19.6 Å². The molecule has 0 spiro atoms. The maximum absolute atomic E-state index is 10.1. The molecule has 0 aromatic heterocycles. The quantitative estimate of drug-likeness (QED) is 0.914. The van der Waals surface area contributed by atoms with Gasteiger partial charge in [-0.05, 0) is 31.7 Å². The van der Waals surface area contributed by atoms with E-state index < -0.39 is 0 Å². The van der Waals surface area contributed by atoms with Crippen molar-refractivity contribution >= 4 is 0 Å². The lowest BCUT2D eigenvalue weighted by Crippen LogP contribution is -2.55. The van der Waals surface area contributed by atoms with E-state index in [4.69, 9.17) is 0 Å². The molecule has 1 aromatic carbocycles. The van der Waals surface area contributed by atoms with Crippen LogP contribution in [0, 0.1) is 0 Å². The highest BCUT2D eigenvalue weighted by Gasteiger charge is 2.34. The Hall–Kier alpha value is -0.900. The average molecular weight is 274 g/mol. The third kappa shape index (κ3) is 3.05. The lowest BCUT2D eigenvalue weighted by atomic mass is 10.1. The highest BCUT2D eigenvalue weighted by Crippen LogP contribution is 2.26. The molecule has 3 nitrogen and oxygen atoms in total. The average Bonchev–Trinajstić information content (AvgIpc) is 2.88. The van der Waals surface area contributed by atoms with Crippen LogP contribution in [0.3, 0.4) is 0 Å². The van der Waals surface area contributed by atoms with Gasteiger partial charge in [-0.1, -0.05) is 30.3 Å². The van der Waals surface area contributed by atoms with Crippen molar-refractivity contribution < 1.29 is 5.11 Å². The normalized spacial score (nSPS) is 32.6. The van der Waals surface area contributed by atoms with E-state index in [-0.39, 0.29) is 6.10 Å². The number of benzene rings is 1. The van der Waals surface area contributed by atoms with E-state index in [2.05, 4.69) is 47.1 Å². The second-order valence-corrected chi connectivity index (χ2v) is 6.37. The van der Waals surface area contributed by atoms with Crippen molar-refractivity contribution in [2.24, 2.45) is 0 Å². The number of nitrogens with zero attached hydrogens (tertiary/aromatic N) is 2. The van der Waals surface area contributed by atoms with E-state index in [1.54, 1.807) is 0 Å². The van der Waals surface area contributed by atoms with Crippen LogP contribution in [-0.2, 0) is 6.54 Å². The molecular formula is C17H26N2O. The zero-order valence-electron chi connectivity index (χ0n) is 12.4. The first-order valence-electron chi connectivity index (χ1n) is 7.94. The largest absolute Gasteiger partial charge is 0.391 e. The molecule has 110 valence electrons. The Labute approximate surface area is 122 Å². The fourth-order valence-corrected chi connectivity index (χ4v) is 3.72. The molecule has 0 amide bonds. The lowest BCUT2D eigenvalue weighted by molar-refractivity contribution is 0.0104. The SMILES string of the molecule is CC1CN([C@@H]2CCC[C@H]2O)CCN1Cc1ccccc1. The van der Waals surface area contributed by atoms with Gasteiger partial charge in [0.05, 0.1) is 6.10 Å². The van der Waals surface area contributed by atoms with Gasteiger partial charge >= 0.3 is 0 Å². The Morgan fingerprint density at radius 3 is 2.60 bits per heavy atom. The molecule has 3 rings (SSSR count). The Morgan fingerprint density at radius 2 is 1.95 bits per heavy atom. The first kappa shape index (κ1) is 14.1. The molecule has 20 heavy (non-hydrogen) atoms. The standard InChI is InChI=1S/C17H26N2O/c1-14-12-19(16-8-5-9-17(16)20)11-10-18(14)13-15-6-3-2-4-7-15/h2-4,6-7,14,16-17,20H,5,8-13H2,1H3/t14?,16-,17-/m1/s1. The summed E-state index contributed by atoms with van der Waals surface area (Å²) in [6.07, 6.45) is 3.25. The van der Waals surface area contributed by atoms with Gasteiger partial charge in [0, 0.05) is 38.3 Å². The van der Waals surface area contributed by atoms with E-state index in [1.807, 2.05) is 0 Å². The van der Waals surface area contributed by atoms with Gasteiger partial charge in [0.15, 0.2) is 0 Å². The highest BCUT2D eigenvalue weighted by molar-refractivity contribution is 5.14. The molecule has 1 aliphatic carbocycles. The van der Waals surface area contributed by atoms with Crippen molar-refractivity contribution in [3.63, 3.8) is 0 Å². The molecule has 0 bridgehead atoms. The number of piperazine rings is 1. The van der Waals surface area contributed by atoms with Gasteiger partial charge in [-0.3, -0.25) is 9.80 Å². The van der Waals surface area contributed by atoms with Crippen LogP contribution in [0.15, 0.2) is 30.3 Å². The van der Waals surface area contributed by atoms with Crippen molar-refractivity contribution in [1.29, 1.82) is 0 Å². The van der Waals surface area contributed by atoms with Gasteiger partial charge in [0.2, 0.25) is 0 Å². The summed E-state index contributed by atoms with van der Waals surface area (Å²) >= 11 is 0. The Bertz CT molecular complexity index is 422. The van der Waals surface area contributed by atoms with Crippen molar-refractivity contribution in [3.8, 4) is 0 Å². The fourth-order valence-electron chi connectivity index (χ4n) is 3.72. The van der Waals surface area contributed by atoms with Crippen LogP contribution in [0.1, 0.15) is 31.7 Å². The molecule has 2 aliphatic rings. The Balaban J connectivity index is 1.57. The Kier molecular flexibility index (Phi) is 4.39. The molecule has 1 aliphatic heterocycles. The summed E-state index contributed by atoms with van der Waals surface area (Å²) in [7, 11) is 0. The minimum Gasteiger partial charge on any atom is -0.391 e. The van der Waals surface area contributed by atoms with Crippen LogP contribution in [0.4, 0.5) is 0 Å². The monoisotopic (exact) mass is 274 g/mol. The third-order valence-corrected chi connectivity index (χ3v) is 4.94. The molecule has 0 radical (unpaired) electrons. The first-order valence-corrected chi connectivity index (χ1v) is 7.94. The van der Waals surface area contributed by atoms with Gasteiger partial charge in [-0.15, -0.1) is 0 Å². The number of hydrogen-bond donors (Lipinski definition) is 1. The van der Waals surface area contributed by atoms with Crippen LogP contribution >= 0.6 is 0 Å². The van der Waals surface area contributed by atoms with E-state index in [0.717, 1.165) is 32.6 Å². The molecule has 2 fully saturated rings. The fraction of sp³-hybridized carbons (Fsp3) is 0.647. The first-order chi connectivity index (χ1) is 9.74. The summed E-state index contributed by atoms with van der Waals surface area (Å²) in [5.74, 6) is 0. The van der Waals surface area contributed by atoms with Crippen molar-refractivity contribution in [3.05, 3.63) is 35.9 Å². The zero-order chi connectivity index (χ0) is 13.9. The summed E-state index contributed by atoms with van der Waals surface area (Å²) in [4.78, 5) is 5.08. The minimum atomic E-state index is -0.0946. The summed E-state index contributed by atoms with van der Waals surface area (Å²) in [6.45, 7) is 6.66. The lowest BCUT2D eigenvalue weighted by Gasteiger charge is -2.43. The summed E-state index contributed by atoms with van der Waals surface area (Å²) in [5, 5.41) is 10.1. The predicted octanol–water partition coefficient (Wildman–Crippen LogP) is 2.11. The number of aliphatic hydroxyl groups excluding tert-OH is 1. The topological polar surface area (TPSA) is 26.7 Å². The maximum atomic E-state index is 10.1. The van der Waals surface area contributed by atoms with E-state index in [0.29, 0.717) is 12.1 Å². The molecule has 1 saturated carbocycles. The molecule has 1 unspecified atom stereocenters. The second kappa shape index (κ2) is 6.25. The smallest absolute Gasteiger partial charge is 0.0695 e. The van der Waals surface area contributed by atoms with Crippen molar-refractivity contribution in [2.45, 2.75) is 50.9 Å². The van der Waals surface area contributed by atoms with Gasteiger partial charge < -0.3 is 5.11 Å². The summed E-state index contributed by atoms with van der Waals surface area (Å²) < 4.78 is 0. The molecule has 3 heteroatoms. The van der Waals surface area contributed by atoms with Gasteiger partial charge in [0.25, 0.3) is 0 Å². The third-order valence-electron chi connectivity index (χ3n) is 4.94. The maximum Gasteiger partial charge on any atom is 0.0695 e. The molecule has 1 saturated heterocycles. The van der Waals surface area contributed by atoms with E-state index >= 15 is 0 Å². The summed E-state index contributed by atoms with van der Waals surface area (Å²) in [6, 6.07) is 11.7. The van der Waals surface area contributed by atoms with Crippen LogP contribution in [-0.4, -0.2) is 52.7 Å². The van der Waals surface area contributed by atoms with Crippen LogP contribution in [0.25, 0.3) is 0 Å². The van der Waals surface area contributed by atoms with Gasteiger partial charge in [0.1, 0.15) is 0 Å². The van der Waals surface area contributed by atoms with Crippen LogP contribution in [0.5, 0.6) is 0 Å². The Morgan fingerprint density at radius 1 is 1.15 bits per heavy atom.